The summed E-state index contributed by atoms with van der Waals surface area (Å²) in [5.41, 5.74) is 11.4. The molecule has 0 saturated carbocycles. The number of para-hydroxylation sites is 1. The van der Waals surface area contributed by atoms with Crippen LogP contribution < -0.4 is 10.5 Å². The van der Waals surface area contributed by atoms with E-state index in [1.165, 1.54) is 0 Å². The molecule has 0 amide bonds. The molecule has 0 aromatic heterocycles. The standard InChI is InChI=1S/C19H17NO/c1-21-15-12-10-14(11-13-15)16-6-2-3-7-17(16)18-8-4-5-9-19(18)20/h2-13H,20H2,1H3. The smallest absolute Gasteiger partial charge is 0.118 e. The first-order valence-corrected chi connectivity index (χ1v) is 6.88. The van der Waals surface area contributed by atoms with E-state index in [4.69, 9.17) is 10.5 Å². The van der Waals surface area contributed by atoms with Crippen LogP contribution in [-0.2, 0) is 0 Å². The van der Waals surface area contributed by atoms with Gasteiger partial charge < -0.3 is 10.5 Å². The van der Waals surface area contributed by atoms with E-state index in [0.717, 1.165) is 33.7 Å². The Morgan fingerprint density at radius 3 is 1.86 bits per heavy atom. The first-order chi connectivity index (χ1) is 10.3. The van der Waals surface area contributed by atoms with Crippen molar-refractivity contribution >= 4 is 5.69 Å². The number of nitrogens with two attached hydrogens (primary N) is 1. The van der Waals surface area contributed by atoms with Crippen LogP contribution in [-0.4, -0.2) is 7.11 Å². The van der Waals surface area contributed by atoms with Crippen molar-refractivity contribution in [1.82, 2.24) is 0 Å². The molecule has 0 atom stereocenters. The van der Waals surface area contributed by atoms with Crippen molar-refractivity contribution in [2.24, 2.45) is 0 Å². The van der Waals surface area contributed by atoms with Gasteiger partial charge in [0.15, 0.2) is 0 Å². The van der Waals surface area contributed by atoms with Gasteiger partial charge in [0.25, 0.3) is 0 Å². The Hall–Kier alpha value is -2.74. The largest absolute Gasteiger partial charge is 0.497 e. The fourth-order valence-electron chi connectivity index (χ4n) is 2.48. The maximum atomic E-state index is 6.13. The van der Waals surface area contributed by atoms with Gasteiger partial charge in [-0.3, -0.25) is 0 Å². The van der Waals surface area contributed by atoms with Crippen LogP contribution in [0.5, 0.6) is 5.75 Å². The predicted molar refractivity (Wildman–Crippen MR) is 88.3 cm³/mol. The molecule has 21 heavy (non-hydrogen) atoms. The SMILES string of the molecule is COc1ccc(-c2ccccc2-c2ccccc2N)cc1. The van der Waals surface area contributed by atoms with Crippen LogP contribution in [0.15, 0.2) is 72.8 Å². The van der Waals surface area contributed by atoms with E-state index < -0.39 is 0 Å². The van der Waals surface area contributed by atoms with Crippen molar-refractivity contribution in [1.29, 1.82) is 0 Å². The van der Waals surface area contributed by atoms with Crippen LogP contribution in [0.3, 0.4) is 0 Å². The van der Waals surface area contributed by atoms with E-state index in [1.807, 2.05) is 42.5 Å². The summed E-state index contributed by atoms with van der Waals surface area (Å²) in [5.74, 6) is 0.857. The molecule has 0 unspecified atom stereocenters. The van der Waals surface area contributed by atoms with Gasteiger partial charge in [-0.15, -0.1) is 0 Å². The molecule has 0 bridgehead atoms. The molecule has 0 aliphatic rings. The number of hydrogen-bond donors (Lipinski definition) is 1. The summed E-state index contributed by atoms with van der Waals surface area (Å²) in [6.07, 6.45) is 0. The van der Waals surface area contributed by atoms with Crippen molar-refractivity contribution in [3.05, 3.63) is 72.8 Å². The summed E-state index contributed by atoms with van der Waals surface area (Å²) < 4.78 is 5.22. The molecule has 0 spiro atoms. The molecule has 2 nitrogen and oxygen atoms in total. The summed E-state index contributed by atoms with van der Waals surface area (Å²) in [5, 5.41) is 0. The molecule has 2 N–H and O–H groups in total. The van der Waals surface area contributed by atoms with E-state index in [9.17, 15) is 0 Å². The first-order valence-electron chi connectivity index (χ1n) is 6.88. The molecule has 0 heterocycles. The van der Waals surface area contributed by atoms with Crippen molar-refractivity contribution in [2.75, 3.05) is 12.8 Å². The lowest BCUT2D eigenvalue weighted by atomic mass is 9.94. The van der Waals surface area contributed by atoms with Gasteiger partial charge in [-0.1, -0.05) is 54.6 Å². The Labute approximate surface area is 124 Å². The van der Waals surface area contributed by atoms with Gasteiger partial charge >= 0.3 is 0 Å². The van der Waals surface area contributed by atoms with E-state index in [-0.39, 0.29) is 0 Å². The molecule has 3 rings (SSSR count). The highest BCUT2D eigenvalue weighted by Crippen LogP contribution is 2.35. The van der Waals surface area contributed by atoms with Gasteiger partial charge in [-0.05, 0) is 34.9 Å². The highest BCUT2D eigenvalue weighted by atomic mass is 16.5. The quantitative estimate of drug-likeness (QED) is 0.708. The van der Waals surface area contributed by atoms with E-state index in [2.05, 4.69) is 30.3 Å². The van der Waals surface area contributed by atoms with Gasteiger partial charge in [0, 0.05) is 11.3 Å². The maximum absolute atomic E-state index is 6.13. The zero-order valence-corrected chi connectivity index (χ0v) is 11.9. The monoisotopic (exact) mass is 275 g/mol. The van der Waals surface area contributed by atoms with Gasteiger partial charge in [-0.25, -0.2) is 0 Å². The van der Waals surface area contributed by atoms with E-state index in [0.29, 0.717) is 0 Å². The lowest BCUT2D eigenvalue weighted by molar-refractivity contribution is 0.415. The summed E-state index contributed by atoms with van der Waals surface area (Å²) in [4.78, 5) is 0. The average Bonchev–Trinajstić information content (AvgIpc) is 2.55. The Morgan fingerprint density at radius 1 is 0.667 bits per heavy atom. The number of ether oxygens (including phenoxy) is 1. The number of methoxy groups -OCH3 is 1. The van der Waals surface area contributed by atoms with Crippen LogP contribution in [0, 0.1) is 0 Å². The topological polar surface area (TPSA) is 35.2 Å². The minimum absolute atomic E-state index is 0.790. The summed E-state index contributed by atoms with van der Waals surface area (Å²) in [6, 6.07) is 24.3. The molecule has 0 aliphatic carbocycles. The third-order valence-electron chi connectivity index (χ3n) is 3.58. The van der Waals surface area contributed by atoms with Gasteiger partial charge in [0.2, 0.25) is 0 Å². The molecule has 0 aliphatic heterocycles. The number of anilines is 1. The lowest BCUT2D eigenvalue weighted by Gasteiger charge is -2.12. The maximum Gasteiger partial charge on any atom is 0.118 e. The fourth-order valence-corrected chi connectivity index (χ4v) is 2.48. The number of hydrogen-bond acceptors (Lipinski definition) is 2. The molecule has 0 radical (unpaired) electrons. The molecule has 3 aromatic carbocycles. The molecule has 0 saturated heterocycles. The summed E-state index contributed by atoms with van der Waals surface area (Å²) in [7, 11) is 1.67. The van der Waals surface area contributed by atoms with Gasteiger partial charge in [0.1, 0.15) is 5.75 Å². The normalized spacial score (nSPS) is 10.3. The highest BCUT2D eigenvalue weighted by Gasteiger charge is 2.09. The second-order valence-corrected chi connectivity index (χ2v) is 4.86. The van der Waals surface area contributed by atoms with E-state index in [1.54, 1.807) is 7.11 Å². The third-order valence-corrected chi connectivity index (χ3v) is 3.58. The molecular formula is C19H17NO. The second kappa shape index (κ2) is 5.71. The molecular weight excluding hydrogens is 258 g/mol. The zero-order chi connectivity index (χ0) is 14.7. The summed E-state index contributed by atoms with van der Waals surface area (Å²) in [6.45, 7) is 0. The van der Waals surface area contributed by atoms with Crippen LogP contribution in [0.25, 0.3) is 22.3 Å². The van der Waals surface area contributed by atoms with Crippen LogP contribution >= 0.6 is 0 Å². The minimum Gasteiger partial charge on any atom is -0.497 e. The second-order valence-electron chi connectivity index (χ2n) is 4.86. The van der Waals surface area contributed by atoms with Gasteiger partial charge in [0.05, 0.1) is 7.11 Å². The highest BCUT2D eigenvalue weighted by molar-refractivity contribution is 5.88. The molecule has 2 heteroatoms. The number of benzene rings is 3. The average molecular weight is 275 g/mol. The Bertz CT molecular complexity index is 748. The molecule has 0 fully saturated rings. The fraction of sp³-hybridized carbons (Fsp3) is 0.0526. The lowest BCUT2D eigenvalue weighted by Crippen LogP contribution is -1.91. The molecule has 104 valence electrons. The number of rotatable bonds is 3. The van der Waals surface area contributed by atoms with Crippen LogP contribution in [0.1, 0.15) is 0 Å². The van der Waals surface area contributed by atoms with Crippen LogP contribution in [0.4, 0.5) is 5.69 Å². The Morgan fingerprint density at radius 2 is 1.24 bits per heavy atom. The third kappa shape index (κ3) is 2.61. The first kappa shape index (κ1) is 13.3. The minimum atomic E-state index is 0.790. The van der Waals surface area contributed by atoms with Gasteiger partial charge in [-0.2, -0.15) is 0 Å². The molecule has 3 aromatic rings. The van der Waals surface area contributed by atoms with Crippen molar-refractivity contribution in [3.63, 3.8) is 0 Å². The van der Waals surface area contributed by atoms with Crippen molar-refractivity contribution in [3.8, 4) is 28.0 Å². The van der Waals surface area contributed by atoms with Crippen molar-refractivity contribution < 1.29 is 4.74 Å². The Balaban J connectivity index is 2.13. The van der Waals surface area contributed by atoms with Crippen LogP contribution in [0.2, 0.25) is 0 Å². The number of nitrogen functional groups attached to an aromatic ring is 1. The zero-order valence-electron chi connectivity index (χ0n) is 11.9. The summed E-state index contributed by atoms with van der Waals surface area (Å²) >= 11 is 0. The van der Waals surface area contributed by atoms with Crippen molar-refractivity contribution in [2.45, 2.75) is 0 Å². The predicted octanol–water partition coefficient (Wildman–Crippen LogP) is 4.61. The van der Waals surface area contributed by atoms with E-state index >= 15 is 0 Å². The Kier molecular flexibility index (Phi) is 3.61.